The topological polar surface area (TPSA) is 18.5 Å². The van der Waals surface area contributed by atoms with Crippen molar-refractivity contribution in [2.24, 2.45) is 0 Å². The molecule has 0 aromatic heterocycles. The van der Waals surface area contributed by atoms with Gasteiger partial charge >= 0.3 is 7.12 Å². The Morgan fingerprint density at radius 3 is 2.19 bits per heavy atom. The molecule has 2 unspecified atom stereocenters. The first kappa shape index (κ1) is 20.8. The van der Waals surface area contributed by atoms with Gasteiger partial charge in [0.1, 0.15) is 0 Å². The molecular weight excluding hydrogens is 319 g/mol. The van der Waals surface area contributed by atoms with Gasteiger partial charge in [-0.25, -0.2) is 0 Å². The number of rotatable bonds is 6. The summed E-state index contributed by atoms with van der Waals surface area (Å²) in [4.78, 5) is 0. The first-order valence-electron chi connectivity index (χ1n) is 9.75. The largest absolute Gasteiger partial charge is 0.466 e. The van der Waals surface area contributed by atoms with E-state index < -0.39 is 0 Å². The highest BCUT2D eigenvalue weighted by Gasteiger charge is 2.54. The van der Waals surface area contributed by atoms with Crippen LogP contribution in [0.15, 0.2) is 36.9 Å². The van der Waals surface area contributed by atoms with Crippen molar-refractivity contribution in [3.63, 3.8) is 0 Å². The standard InChI is InChI=1S/C23H33BO2/c1-8-10-11-12-13-20(19-16-14-18(3)15-17-19)21(9-2)24-25-22(4,5)23(6,7)26-24/h9,14-17,20-21H,2,8,10-11H2,1,3-7H3. The monoisotopic (exact) mass is 352 g/mol. The van der Waals surface area contributed by atoms with E-state index in [0.29, 0.717) is 0 Å². The Morgan fingerprint density at radius 2 is 1.69 bits per heavy atom. The van der Waals surface area contributed by atoms with Gasteiger partial charge < -0.3 is 9.31 Å². The Hall–Kier alpha value is -1.50. The van der Waals surface area contributed by atoms with Gasteiger partial charge in [-0.3, -0.25) is 0 Å². The molecule has 3 heteroatoms. The van der Waals surface area contributed by atoms with Crippen LogP contribution in [0.1, 0.15) is 70.9 Å². The van der Waals surface area contributed by atoms with Crippen LogP contribution in [0.3, 0.4) is 0 Å². The van der Waals surface area contributed by atoms with Crippen LogP contribution in [0.4, 0.5) is 0 Å². The molecule has 26 heavy (non-hydrogen) atoms. The number of allylic oxidation sites excluding steroid dienone is 1. The zero-order valence-electron chi connectivity index (χ0n) is 17.3. The van der Waals surface area contributed by atoms with E-state index in [1.54, 1.807) is 0 Å². The van der Waals surface area contributed by atoms with Crippen molar-refractivity contribution in [3.8, 4) is 11.8 Å². The molecule has 1 saturated heterocycles. The molecule has 1 aromatic rings. The minimum atomic E-state index is -0.355. The second-order valence-corrected chi connectivity index (χ2v) is 8.25. The van der Waals surface area contributed by atoms with E-state index in [4.69, 9.17) is 9.31 Å². The second-order valence-electron chi connectivity index (χ2n) is 8.25. The molecule has 1 aliphatic rings. The van der Waals surface area contributed by atoms with Crippen LogP contribution in [0.25, 0.3) is 0 Å². The van der Waals surface area contributed by atoms with Crippen molar-refractivity contribution in [2.75, 3.05) is 0 Å². The van der Waals surface area contributed by atoms with Crippen LogP contribution >= 0.6 is 0 Å². The molecule has 1 heterocycles. The van der Waals surface area contributed by atoms with Crippen LogP contribution in [-0.4, -0.2) is 18.3 Å². The third kappa shape index (κ3) is 4.61. The van der Waals surface area contributed by atoms with Crippen molar-refractivity contribution in [1.29, 1.82) is 0 Å². The van der Waals surface area contributed by atoms with E-state index in [0.717, 1.165) is 19.3 Å². The van der Waals surface area contributed by atoms with Crippen molar-refractivity contribution in [2.45, 2.75) is 83.7 Å². The summed E-state index contributed by atoms with van der Waals surface area (Å²) in [5.74, 6) is 6.86. The summed E-state index contributed by atoms with van der Waals surface area (Å²) >= 11 is 0. The molecule has 0 radical (unpaired) electrons. The van der Waals surface area contributed by atoms with Gasteiger partial charge in [0.05, 0.1) is 11.2 Å². The van der Waals surface area contributed by atoms with Gasteiger partial charge in [-0.2, -0.15) is 0 Å². The van der Waals surface area contributed by atoms with Crippen LogP contribution in [-0.2, 0) is 9.31 Å². The SMILES string of the molecule is C=CC(B1OC(C)(C)C(C)(C)O1)C(C#CCCCC)c1ccc(C)cc1. The van der Waals surface area contributed by atoms with Gasteiger partial charge in [0.25, 0.3) is 0 Å². The summed E-state index contributed by atoms with van der Waals surface area (Å²) in [5.41, 5.74) is 1.73. The normalized spacial score (nSPS) is 20.2. The first-order chi connectivity index (χ1) is 12.2. The third-order valence-electron chi connectivity index (χ3n) is 5.59. The van der Waals surface area contributed by atoms with E-state index >= 15 is 0 Å². The average molecular weight is 352 g/mol. The van der Waals surface area contributed by atoms with Crippen molar-refractivity contribution < 1.29 is 9.31 Å². The number of aryl methyl sites for hydroxylation is 1. The summed E-state index contributed by atoms with van der Waals surface area (Å²) < 4.78 is 12.6. The highest BCUT2D eigenvalue weighted by molar-refractivity contribution is 6.48. The molecule has 2 atom stereocenters. The van der Waals surface area contributed by atoms with Crippen LogP contribution in [0, 0.1) is 18.8 Å². The molecule has 0 N–H and O–H groups in total. The van der Waals surface area contributed by atoms with E-state index in [1.807, 2.05) is 6.08 Å². The Labute approximate surface area is 160 Å². The van der Waals surface area contributed by atoms with Crippen LogP contribution in [0.2, 0.25) is 5.82 Å². The number of unbranched alkanes of at least 4 members (excludes halogenated alkanes) is 2. The molecule has 2 nitrogen and oxygen atoms in total. The molecule has 1 aromatic carbocycles. The molecule has 0 bridgehead atoms. The zero-order valence-corrected chi connectivity index (χ0v) is 17.3. The van der Waals surface area contributed by atoms with E-state index in [1.165, 1.54) is 11.1 Å². The molecule has 140 valence electrons. The van der Waals surface area contributed by atoms with Gasteiger partial charge in [0.15, 0.2) is 0 Å². The van der Waals surface area contributed by atoms with Crippen LogP contribution < -0.4 is 0 Å². The van der Waals surface area contributed by atoms with Gasteiger partial charge in [0, 0.05) is 18.2 Å². The summed E-state index contributed by atoms with van der Waals surface area (Å²) in [7, 11) is -0.343. The minimum absolute atomic E-state index is 0.0136. The van der Waals surface area contributed by atoms with Crippen LogP contribution in [0.5, 0.6) is 0 Å². The Balaban J connectivity index is 2.33. The van der Waals surface area contributed by atoms with Gasteiger partial charge in [-0.15, -0.1) is 12.5 Å². The second kappa shape index (κ2) is 8.46. The summed E-state index contributed by atoms with van der Waals surface area (Å²) in [6, 6.07) is 8.60. The quantitative estimate of drug-likeness (QED) is 0.274. The minimum Gasteiger partial charge on any atom is -0.403 e. The van der Waals surface area contributed by atoms with E-state index in [2.05, 4.69) is 84.2 Å². The lowest BCUT2D eigenvalue weighted by Gasteiger charge is -2.32. The fraction of sp³-hybridized carbons (Fsp3) is 0.565. The van der Waals surface area contributed by atoms with Gasteiger partial charge in [-0.05, 0) is 46.6 Å². The third-order valence-corrected chi connectivity index (χ3v) is 5.59. The highest BCUT2D eigenvalue weighted by atomic mass is 16.7. The van der Waals surface area contributed by atoms with E-state index in [-0.39, 0.29) is 30.1 Å². The fourth-order valence-electron chi connectivity index (χ4n) is 3.07. The Bertz CT molecular complexity index is 648. The number of benzene rings is 1. The average Bonchev–Trinajstić information content (AvgIpc) is 2.79. The number of hydrogen-bond acceptors (Lipinski definition) is 2. The highest BCUT2D eigenvalue weighted by Crippen LogP contribution is 2.44. The molecule has 0 saturated carbocycles. The van der Waals surface area contributed by atoms with Crippen molar-refractivity contribution in [1.82, 2.24) is 0 Å². The molecule has 2 rings (SSSR count). The Kier molecular flexibility index (Phi) is 6.77. The van der Waals surface area contributed by atoms with Gasteiger partial charge in [-0.1, -0.05) is 55.2 Å². The predicted octanol–water partition coefficient (Wildman–Crippen LogP) is 5.92. The number of hydrogen-bond donors (Lipinski definition) is 0. The molecule has 0 aliphatic carbocycles. The lowest BCUT2D eigenvalue weighted by molar-refractivity contribution is 0.00578. The first-order valence-corrected chi connectivity index (χ1v) is 9.75. The molecule has 1 fully saturated rings. The van der Waals surface area contributed by atoms with Crippen molar-refractivity contribution >= 4 is 7.12 Å². The predicted molar refractivity (Wildman–Crippen MR) is 111 cm³/mol. The summed E-state index contributed by atoms with van der Waals surface area (Å²) in [6.45, 7) is 16.7. The van der Waals surface area contributed by atoms with Crippen molar-refractivity contribution in [3.05, 3.63) is 48.0 Å². The molecular formula is C23H33BO2. The van der Waals surface area contributed by atoms with Gasteiger partial charge in [0.2, 0.25) is 0 Å². The Morgan fingerprint density at radius 1 is 1.12 bits per heavy atom. The molecule has 0 amide bonds. The zero-order chi connectivity index (χ0) is 19.4. The smallest absolute Gasteiger partial charge is 0.403 e. The van der Waals surface area contributed by atoms with E-state index in [9.17, 15) is 0 Å². The molecule has 0 spiro atoms. The molecule has 1 aliphatic heterocycles. The fourth-order valence-corrected chi connectivity index (χ4v) is 3.07. The lowest BCUT2D eigenvalue weighted by Crippen LogP contribution is -2.41. The summed E-state index contributed by atoms with van der Waals surface area (Å²) in [5, 5.41) is 0. The maximum absolute atomic E-state index is 6.31. The summed E-state index contributed by atoms with van der Waals surface area (Å²) in [6.07, 6.45) is 5.15. The lowest BCUT2D eigenvalue weighted by atomic mass is 9.63. The maximum Gasteiger partial charge on any atom is 0.466 e. The maximum atomic E-state index is 6.31.